The van der Waals surface area contributed by atoms with Gasteiger partial charge < -0.3 is 4.90 Å². The molecule has 2 atom stereocenters. The van der Waals surface area contributed by atoms with Crippen molar-refractivity contribution in [3.05, 3.63) is 29.3 Å². The molecule has 1 aromatic heterocycles. The number of rotatable bonds is 4. The fraction of sp³-hybridized carbons (Fsp3) is 0.579. The smallest absolute Gasteiger partial charge is 0.222 e. The number of nitrogens with zero attached hydrogens (tertiary/aromatic N) is 3. The lowest BCUT2D eigenvalue weighted by atomic mass is 10.0. The molecule has 5 heteroatoms. The first kappa shape index (κ1) is 16.0. The SMILES string of the molecule is CCC(=O)N1CCC[C@@H]1[C@H]1CCCN1Cc1nc2ccccc2s1. The molecular weight excluding hydrogens is 318 g/mol. The van der Waals surface area contributed by atoms with E-state index in [1.165, 1.54) is 22.5 Å². The van der Waals surface area contributed by atoms with E-state index in [0.29, 0.717) is 24.4 Å². The summed E-state index contributed by atoms with van der Waals surface area (Å²) in [4.78, 5) is 21.8. The molecular formula is C19H25N3OS. The molecule has 2 saturated heterocycles. The van der Waals surface area contributed by atoms with Gasteiger partial charge in [0.1, 0.15) is 5.01 Å². The van der Waals surface area contributed by atoms with E-state index in [-0.39, 0.29) is 0 Å². The van der Waals surface area contributed by atoms with Crippen molar-refractivity contribution in [1.29, 1.82) is 0 Å². The van der Waals surface area contributed by atoms with Crippen LogP contribution in [0.1, 0.15) is 44.0 Å². The van der Waals surface area contributed by atoms with Gasteiger partial charge in [-0.25, -0.2) is 4.98 Å². The molecule has 2 fully saturated rings. The first-order chi connectivity index (χ1) is 11.8. The zero-order valence-corrected chi connectivity index (χ0v) is 15.1. The van der Waals surface area contributed by atoms with Crippen LogP contribution in [0.4, 0.5) is 0 Å². The quantitative estimate of drug-likeness (QED) is 0.850. The summed E-state index contributed by atoms with van der Waals surface area (Å²) < 4.78 is 1.27. The molecule has 0 N–H and O–H groups in total. The molecule has 1 amide bonds. The van der Waals surface area contributed by atoms with Crippen LogP contribution in [0.3, 0.4) is 0 Å². The number of para-hydroxylation sites is 1. The number of aromatic nitrogens is 1. The van der Waals surface area contributed by atoms with Crippen LogP contribution in [0.25, 0.3) is 10.2 Å². The lowest BCUT2D eigenvalue weighted by Crippen LogP contribution is -2.47. The Labute approximate surface area is 147 Å². The average Bonchev–Trinajstić information content (AvgIpc) is 3.32. The summed E-state index contributed by atoms with van der Waals surface area (Å²) in [6.07, 6.45) is 5.39. The Morgan fingerprint density at radius 3 is 2.83 bits per heavy atom. The van der Waals surface area contributed by atoms with E-state index in [4.69, 9.17) is 4.98 Å². The predicted molar refractivity (Wildman–Crippen MR) is 98.1 cm³/mol. The Morgan fingerprint density at radius 1 is 1.21 bits per heavy atom. The molecule has 2 aliphatic rings. The van der Waals surface area contributed by atoms with Crippen LogP contribution in [0.15, 0.2) is 24.3 Å². The van der Waals surface area contributed by atoms with Crippen molar-refractivity contribution in [3.63, 3.8) is 0 Å². The van der Waals surface area contributed by atoms with Gasteiger partial charge in [0.15, 0.2) is 0 Å². The monoisotopic (exact) mass is 343 g/mol. The molecule has 3 heterocycles. The van der Waals surface area contributed by atoms with E-state index in [2.05, 4.69) is 34.1 Å². The molecule has 128 valence electrons. The van der Waals surface area contributed by atoms with Gasteiger partial charge >= 0.3 is 0 Å². The van der Waals surface area contributed by atoms with Crippen molar-refractivity contribution >= 4 is 27.5 Å². The fourth-order valence-corrected chi connectivity index (χ4v) is 5.34. The lowest BCUT2D eigenvalue weighted by Gasteiger charge is -2.34. The van der Waals surface area contributed by atoms with Gasteiger partial charge in [-0.05, 0) is 44.4 Å². The largest absolute Gasteiger partial charge is 0.338 e. The highest BCUT2D eigenvalue weighted by Gasteiger charge is 2.39. The van der Waals surface area contributed by atoms with E-state index < -0.39 is 0 Å². The third-order valence-electron chi connectivity index (χ3n) is 5.46. The van der Waals surface area contributed by atoms with Crippen molar-refractivity contribution in [2.24, 2.45) is 0 Å². The van der Waals surface area contributed by atoms with Crippen molar-refractivity contribution in [1.82, 2.24) is 14.8 Å². The Balaban J connectivity index is 1.51. The highest BCUT2D eigenvalue weighted by molar-refractivity contribution is 7.18. The van der Waals surface area contributed by atoms with Crippen LogP contribution in [-0.4, -0.2) is 45.9 Å². The minimum atomic E-state index is 0.323. The van der Waals surface area contributed by atoms with E-state index in [1.54, 1.807) is 11.3 Å². The van der Waals surface area contributed by atoms with E-state index >= 15 is 0 Å². The maximum atomic E-state index is 12.3. The number of hydrogen-bond acceptors (Lipinski definition) is 4. The van der Waals surface area contributed by atoms with Gasteiger partial charge in [-0.3, -0.25) is 9.69 Å². The standard InChI is InChI=1S/C19H25N3OS/c1-2-19(23)22-12-6-9-16(22)15-8-5-11-21(15)13-18-20-14-7-3-4-10-17(14)24-18/h3-4,7,10,15-16H,2,5-6,8-9,11-13H2,1H3/t15-,16-/m1/s1. The van der Waals surface area contributed by atoms with Crippen LogP contribution in [-0.2, 0) is 11.3 Å². The number of amides is 1. The van der Waals surface area contributed by atoms with Crippen LogP contribution in [0, 0.1) is 0 Å². The molecule has 0 aliphatic carbocycles. The minimum Gasteiger partial charge on any atom is -0.338 e. The Bertz CT molecular complexity index is 695. The van der Waals surface area contributed by atoms with Crippen molar-refractivity contribution in [3.8, 4) is 0 Å². The van der Waals surface area contributed by atoms with Crippen molar-refractivity contribution in [2.75, 3.05) is 13.1 Å². The summed E-state index contributed by atoms with van der Waals surface area (Å²) >= 11 is 1.81. The number of carbonyl (C=O) groups is 1. The van der Waals surface area contributed by atoms with Crippen LogP contribution >= 0.6 is 11.3 Å². The molecule has 4 nitrogen and oxygen atoms in total. The van der Waals surface area contributed by atoms with E-state index in [1.807, 2.05) is 6.92 Å². The zero-order chi connectivity index (χ0) is 16.5. The van der Waals surface area contributed by atoms with Gasteiger partial charge in [0, 0.05) is 25.0 Å². The number of hydrogen-bond donors (Lipinski definition) is 0. The van der Waals surface area contributed by atoms with E-state index in [9.17, 15) is 4.79 Å². The number of carbonyl (C=O) groups excluding carboxylic acids is 1. The van der Waals surface area contributed by atoms with Crippen LogP contribution < -0.4 is 0 Å². The highest BCUT2D eigenvalue weighted by atomic mass is 32.1. The van der Waals surface area contributed by atoms with Crippen molar-refractivity contribution < 1.29 is 4.79 Å². The molecule has 0 saturated carbocycles. The van der Waals surface area contributed by atoms with Gasteiger partial charge in [0.2, 0.25) is 5.91 Å². The molecule has 24 heavy (non-hydrogen) atoms. The fourth-order valence-electron chi connectivity index (χ4n) is 4.35. The topological polar surface area (TPSA) is 36.4 Å². The molecule has 0 radical (unpaired) electrons. The first-order valence-corrected chi connectivity index (χ1v) is 9.96. The average molecular weight is 343 g/mol. The molecule has 0 unspecified atom stereocenters. The third-order valence-corrected chi connectivity index (χ3v) is 6.48. The van der Waals surface area contributed by atoms with Crippen molar-refractivity contribution in [2.45, 2.75) is 57.7 Å². The molecule has 2 aromatic rings. The maximum absolute atomic E-state index is 12.3. The van der Waals surface area contributed by atoms with Gasteiger partial charge in [-0.15, -0.1) is 11.3 Å². The minimum absolute atomic E-state index is 0.323. The molecule has 0 spiro atoms. The van der Waals surface area contributed by atoms with Crippen LogP contribution in [0.5, 0.6) is 0 Å². The summed E-state index contributed by atoms with van der Waals surface area (Å²) in [6, 6.07) is 9.29. The summed E-state index contributed by atoms with van der Waals surface area (Å²) in [5.74, 6) is 0.323. The second-order valence-corrected chi connectivity index (χ2v) is 8.02. The summed E-state index contributed by atoms with van der Waals surface area (Å²) in [5.41, 5.74) is 1.11. The van der Waals surface area contributed by atoms with Gasteiger partial charge in [-0.2, -0.15) is 0 Å². The second kappa shape index (κ2) is 6.81. The molecule has 4 rings (SSSR count). The Kier molecular flexibility index (Phi) is 4.55. The van der Waals surface area contributed by atoms with Gasteiger partial charge in [0.25, 0.3) is 0 Å². The zero-order valence-electron chi connectivity index (χ0n) is 14.3. The Morgan fingerprint density at radius 2 is 2.00 bits per heavy atom. The van der Waals surface area contributed by atoms with Crippen LogP contribution in [0.2, 0.25) is 0 Å². The third kappa shape index (κ3) is 2.95. The number of thiazole rings is 1. The summed E-state index contributed by atoms with van der Waals surface area (Å²) in [7, 11) is 0. The summed E-state index contributed by atoms with van der Waals surface area (Å²) in [6.45, 7) is 4.98. The molecule has 2 aliphatic heterocycles. The predicted octanol–water partition coefficient (Wildman–Crippen LogP) is 3.66. The normalized spacial score (nSPS) is 25.0. The number of likely N-dealkylation sites (tertiary alicyclic amines) is 2. The van der Waals surface area contributed by atoms with Gasteiger partial charge in [0.05, 0.1) is 16.8 Å². The van der Waals surface area contributed by atoms with Gasteiger partial charge in [-0.1, -0.05) is 19.1 Å². The number of fused-ring (bicyclic) bond motifs is 1. The maximum Gasteiger partial charge on any atom is 0.222 e. The summed E-state index contributed by atoms with van der Waals surface area (Å²) in [5, 5.41) is 1.20. The van der Waals surface area contributed by atoms with E-state index in [0.717, 1.165) is 38.0 Å². The number of benzene rings is 1. The lowest BCUT2D eigenvalue weighted by molar-refractivity contribution is -0.132. The Hall–Kier alpha value is -1.46. The first-order valence-electron chi connectivity index (χ1n) is 9.14. The molecule has 0 bridgehead atoms. The molecule has 1 aromatic carbocycles. The highest BCUT2D eigenvalue weighted by Crippen LogP contribution is 2.32. The second-order valence-electron chi connectivity index (χ2n) is 6.91.